The minimum atomic E-state index is 0.113. The van der Waals surface area contributed by atoms with Crippen molar-refractivity contribution in [3.63, 3.8) is 0 Å². The van der Waals surface area contributed by atoms with Gasteiger partial charge in [0.25, 0.3) is 0 Å². The molecule has 0 aliphatic heterocycles. The lowest BCUT2D eigenvalue weighted by Gasteiger charge is -2.10. The van der Waals surface area contributed by atoms with Gasteiger partial charge in [0.1, 0.15) is 0 Å². The summed E-state index contributed by atoms with van der Waals surface area (Å²) < 4.78 is 5.24. The third-order valence-corrected chi connectivity index (χ3v) is 1.88. The number of nitrogens with two attached hydrogens (primary N) is 1. The van der Waals surface area contributed by atoms with Crippen LogP contribution in [-0.2, 0) is 11.2 Å². The molecular formula is C11H17NO. The van der Waals surface area contributed by atoms with Gasteiger partial charge in [-0.1, -0.05) is 30.3 Å². The Morgan fingerprint density at radius 3 is 2.62 bits per heavy atom. The van der Waals surface area contributed by atoms with E-state index in [1.54, 1.807) is 0 Å². The molecule has 72 valence electrons. The van der Waals surface area contributed by atoms with Gasteiger partial charge in [-0.25, -0.2) is 0 Å². The van der Waals surface area contributed by atoms with Crippen molar-refractivity contribution in [1.82, 2.24) is 0 Å². The first-order chi connectivity index (χ1) is 6.33. The van der Waals surface area contributed by atoms with E-state index in [1.807, 2.05) is 25.1 Å². The van der Waals surface area contributed by atoms with Gasteiger partial charge in [0.15, 0.2) is 0 Å². The highest BCUT2D eigenvalue weighted by Crippen LogP contribution is 2.01. The number of ether oxygens (including phenoxy) is 1. The molecular weight excluding hydrogens is 162 g/mol. The maximum Gasteiger partial charge on any atom is 0.0620 e. The van der Waals surface area contributed by atoms with Crippen LogP contribution in [0, 0.1) is 0 Å². The van der Waals surface area contributed by atoms with E-state index in [0.717, 1.165) is 13.0 Å². The molecule has 1 rings (SSSR count). The third kappa shape index (κ3) is 4.06. The number of hydrogen-bond acceptors (Lipinski definition) is 2. The summed E-state index contributed by atoms with van der Waals surface area (Å²) in [4.78, 5) is 0. The van der Waals surface area contributed by atoms with Crippen molar-refractivity contribution < 1.29 is 4.74 Å². The largest absolute Gasteiger partial charge is 0.380 e. The first kappa shape index (κ1) is 10.2. The Labute approximate surface area is 79.7 Å². The lowest BCUT2D eigenvalue weighted by Crippen LogP contribution is -2.28. The van der Waals surface area contributed by atoms with Gasteiger partial charge in [-0.3, -0.25) is 0 Å². The molecule has 0 unspecified atom stereocenters. The minimum Gasteiger partial charge on any atom is -0.380 e. The third-order valence-electron chi connectivity index (χ3n) is 1.88. The molecule has 0 spiro atoms. The molecule has 0 aliphatic rings. The molecule has 0 radical (unpaired) electrons. The average molecular weight is 179 g/mol. The fourth-order valence-electron chi connectivity index (χ4n) is 1.24. The molecule has 2 heteroatoms. The number of rotatable bonds is 5. The Morgan fingerprint density at radius 2 is 2.00 bits per heavy atom. The fraction of sp³-hybridized carbons (Fsp3) is 0.455. The van der Waals surface area contributed by atoms with Crippen LogP contribution < -0.4 is 5.73 Å². The van der Waals surface area contributed by atoms with Crippen LogP contribution in [0.4, 0.5) is 0 Å². The van der Waals surface area contributed by atoms with E-state index >= 15 is 0 Å². The van der Waals surface area contributed by atoms with Crippen LogP contribution in [0.15, 0.2) is 30.3 Å². The smallest absolute Gasteiger partial charge is 0.0620 e. The van der Waals surface area contributed by atoms with E-state index < -0.39 is 0 Å². The quantitative estimate of drug-likeness (QED) is 0.745. The van der Waals surface area contributed by atoms with Crippen LogP contribution in [0.2, 0.25) is 0 Å². The predicted molar refractivity (Wildman–Crippen MR) is 54.6 cm³/mol. The Balaban J connectivity index is 2.32. The van der Waals surface area contributed by atoms with Crippen LogP contribution in [-0.4, -0.2) is 19.3 Å². The van der Waals surface area contributed by atoms with Gasteiger partial charge in [0, 0.05) is 12.6 Å². The molecule has 13 heavy (non-hydrogen) atoms. The van der Waals surface area contributed by atoms with Crippen LogP contribution >= 0.6 is 0 Å². The first-order valence-electron chi connectivity index (χ1n) is 4.70. The highest BCUT2D eigenvalue weighted by Gasteiger charge is 2.02. The fourth-order valence-corrected chi connectivity index (χ4v) is 1.24. The maximum absolute atomic E-state index is 5.87. The molecule has 1 aromatic carbocycles. The molecule has 0 fully saturated rings. The maximum atomic E-state index is 5.87. The highest BCUT2D eigenvalue weighted by molar-refractivity contribution is 5.15. The zero-order valence-corrected chi connectivity index (χ0v) is 8.07. The second-order valence-electron chi connectivity index (χ2n) is 3.11. The SMILES string of the molecule is CCOC[C@@H](N)Cc1ccccc1. The van der Waals surface area contributed by atoms with Crippen LogP contribution in [0.5, 0.6) is 0 Å². The highest BCUT2D eigenvalue weighted by atomic mass is 16.5. The predicted octanol–water partition coefficient (Wildman–Crippen LogP) is 1.59. The normalized spacial score (nSPS) is 12.8. The molecule has 1 aromatic rings. The Kier molecular flexibility index (Phi) is 4.50. The average Bonchev–Trinajstić information content (AvgIpc) is 2.16. The lowest BCUT2D eigenvalue weighted by atomic mass is 10.1. The van der Waals surface area contributed by atoms with E-state index in [0.29, 0.717) is 6.61 Å². The van der Waals surface area contributed by atoms with Crippen LogP contribution in [0.1, 0.15) is 12.5 Å². The van der Waals surface area contributed by atoms with Crippen molar-refractivity contribution in [3.8, 4) is 0 Å². The van der Waals surface area contributed by atoms with Crippen molar-refractivity contribution in [2.75, 3.05) is 13.2 Å². The van der Waals surface area contributed by atoms with Crippen molar-refractivity contribution in [2.24, 2.45) is 5.73 Å². The Morgan fingerprint density at radius 1 is 1.31 bits per heavy atom. The van der Waals surface area contributed by atoms with E-state index in [4.69, 9.17) is 10.5 Å². The van der Waals surface area contributed by atoms with Gasteiger partial charge >= 0.3 is 0 Å². The van der Waals surface area contributed by atoms with Gasteiger partial charge in [-0.05, 0) is 18.9 Å². The summed E-state index contributed by atoms with van der Waals surface area (Å²) in [7, 11) is 0. The number of benzene rings is 1. The minimum absolute atomic E-state index is 0.113. The van der Waals surface area contributed by atoms with Gasteiger partial charge < -0.3 is 10.5 Å². The first-order valence-corrected chi connectivity index (χ1v) is 4.70. The summed E-state index contributed by atoms with van der Waals surface area (Å²) in [6.07, 6.45) is 0.890. The van der Waals surface area contributed by atoms with Crippen molar-refractivity contribution in [3.05, 3.63) is 35.9 Å². The summed E-state index contributed by atoms with van der Waals surface area (Å²) in [5.41, 5.74) is 7.14. The molecule has 0 aromatic heterocycles. The molecule has 0 aliphatic carbocycles. The number of hydrogen-bond donors (Lipinski definition) is 1. The Hall–Kier alpha value is -0.860. The molecule has 2 N–H and O–H groups in total. The van der Waals surface area contributed by atoms with E-state index in [2.05, 4.69) is 12.1 Å². The van der Waals surface area contributed by atoms with Crippen molar-refractivity contribution in [2.45, 2.75) is 19.4 Å². The zero-order chi connectivity index (χ0) is 9.52. The second-order valence-corrected chi connectivity index (χ2v) is 3.11. The van der Waals surface area contributed by atoms with Gasteiger partial charge in [-0.2, -0.15) is 0 Å². The molecule has 0 heterocycles. The molecule has 0 bridgehead atoms. The molecule has 0 saturated heterocycles. The molecule has 1 atom stereocenters. The van der Waals surface area contributed by atoms with E-state index in [1.165, 1.54) is 5.56 Å². The standard InChI is InChI=1S/C11H17NO/c1-2-13-9-11(12)8-10-6-4-3-5-7-10/h3-7,11H,2,8-9,12H2,1H3/t11-/m0/s1. The summed E-state index contributed by atoms with van der Waals surface area (Å²) in [5.74, 6) is 0. The molecule has 0 amide bonds. The zero-order valence-electron chi connectivity index (χ0n) is 8.07. The summed E-state index contributed by atoms with van der Waals surface area (Å²) in [5, 5.41) is 0. The Bertz CT molecular complexity index is 223. The summed E-state index contributed by atoms with van der Waals surface area (Å²) >= 11 is 0. The van der Waals surface area contributed by atoms with Crippen LogP contribution in [0.25, 0.3) is 0 Å². The van der Waals surface area contributed by atoms with Gasteiger partial charge in [-0.15, -0.1) is 0 Å². The van der Waals surface area contributed by atoms with Gasteiger partial charge in [0.05, 0.1) is 6.61 Å². The van der Waals surface area contributed by atoms with Crippen LogP contribution in [0.3, 0.4) is 0 Å². The summed E-state index contributed by atoms with van der Waals surface area (Å²) in [6, 6.07) is 10.4. The van der Waals surface area contributed by atoms with Crippen molar-refractivity contribution >= 4 is 0 Å². The van der Waals surface area contributed by atoms with Crippen molar-refractivity contribution in [1.29, 1.82) is 0 Å². The molecule has 2 nitrogen and oxygen atoms in total. The summed E-state index contributed by atoms with van der Waals surface area (Å²) in [6.45, 7) is 3.36. The van der Waals surface area contributed by atoms with E-state index in [-0.39, 0.29) is 6.04 Å². The monoisotopic (exact) mass is 179 g/mol. The molecule has 0 saturated carbocycles. The topological polar surface area (TPSA) is 35.2 Å². The van der Waals surface area contributed by atoms with Gasteiger partial charge in [0.2, 0.25) is 0 Å². The lowest BCUT2D eigenvalue weighted by molar-refractivity contribution is 0.133. The van der Waals surface area contributed by atoms with E-state index in [9.17, 15) is 0 Å². The second kappa shape index (κ2) is 5.73.